The average molecular weight is 240 g/mol. The molecule has 18 heavy (non-hydrogen) atoms. The van der Waals surface area contributed by atoms with Gasteiger partial charge >= 0.3 is 0 Å². The van der Waals surface area contributed by atoms with Gasteiger partial charge in [-0.15, -0.1) is 0 Å². The first-order valence-electron chi connectivity index (χ1n) is 6.27. The lowest BCUT2D eigenvalue weighted by molar-refractivity contribution is 0.590. The van der Waals surface area contributed by atoms with Gasteiger partial charge in [0.1, 0.15) is 0 Å². The fourth-order valence-corrected chi connectivity index (χ4v) is 2.01. The van der Waals surface area contributed by atoms with Crippen LogP contribution >= 0.6 is 0 Å². The molecular formula is C16H20N2. The lowest BCUT2D eigenvalue weighted by atomic mass is 9.86. The zero-order valence-electron chi connectivity index (χ0n) is 11.3. The van der Waals surface area contributed by atoms with Gasteiger partial charge in [0.25, 0.3) is 0 Å². The van der Waals surface area contributed by atoms with Crippen molar-refractivity contribution in [3.05, 3.63) is 53.9 Å². The highest BCUT2D eigenvalue weighted by Crippen LogP contribution is 2.27. The summed E-state index contributed by atoms with van der Waals surface area (Å²) in [5.41, 5.74) is 10.5. The van der Waals surface area contributed by atoms with Gasteiger partial charge in [0.05, 0.1) is 5.69 Å². The maximum absolute atomic E-state index is 5.72. The van der Waals surface area contributed by atoms with Crippen LogP contribution in [0, 0.1) is 0 Å². The van der Waals surface area contributed by atoms with Crippen LogP contribution in [-0.2, 0) is 12.0 Å². The van der Waals surface area contributed by atoms with E-state index in [4.69, 9.17) is 5.73 Å². The zero-order chi connectivity index (χ0) is 13.2. The van der Waals surface area contributed by atoms with Crippen LogP contribution in [0.25, 0.3) is 11.1 Å². The Balaban J connectivity index is 2.41. The third-order valence-electron chi connectivity index (χ3n) is 3.15. The number of benzene rings is 1. The van der Waals surface area contributed by atoms with Crippen LogP contribution in [0.5, 0.6) is 0 Å². The molecule has 2 nitrogen and oxygen atoms in total. The molecule has 0 unspecified atom stereocenters. The Morgan fingerprint density at radius 2 is 1.72 bits per heavy atom. The van der Waals surface area contributed by atoms with Crippen LogP contribution < -0.4 is 5.73 Å². The van der Waals surface area contributed by atoms with Crippen molar-refractivity contribution < 1.29 is 0 Å². The van der Waals surface area contributed by atoms with Crippen LogP contribution in [-0.4, -0.2) is 4.98 Å². The number of aromatic nitrogens is 1. The summed E-state index contributed by atoms with van der Waals surface area (Å²) in [7, 11) is 0. The molecule has 0 bridgehead atoms. The second kappa shape index (κ2) is 4.91. The summed E-state index contributed by atoms with van der Waals surface area (Å²) in [6.45, 7) is 7.13. The van der Waals surface area contributed by atoms with Crippen molar-refractivity contribution in [3.8, 4) is 11.1 Å². The first-order chi connectivity index (χ1) is 8.52. The van der Waals surface area contributed by atoms with E-state index in [0.717, 1.165) is 11.3 Å². The topological polar surface area (TPSA) is 38.9 Å². The number of nitrogens with two attached hydrogens (primary N) is 1. The molecule has 0 atom stereocenters. The fraction of sp³-hybridized carbons (Fsp3) is 0.312. The summed E-state index contributed by atoms with van der Waals surface area (Å²) in [6, 6.07) is 12.7. The quantitative estimate of drug-likeness (QED) is 0.872. The molecule has 0 fully saturated rings. The molecule has 0 aliphatic carbocycles. The summed E-state index contributed by atoms with van der Waals surface area (Å²) in [6.07, 6.45) is 1.79. The number of hydrogen-bond acceptors (Lipinski definition) is 2. The van der Waals surface area contributed by atoms with E-state index in [1.165, 1.54) is 11.1 Å². The van der Waals surface area contributed by atoms with E-state index in [-0.39, 0.29) is 5.41 Å². The SMILES string of the molecule is CC(C)(C)c1ccc(-c2cccnc2CN)cc1. The standard InChI is InChI=1S/C16H20N2/c1-16(2,3)13-8-6-12(7-9-13)14-5-4-10-18-15(14)11-17/h4-10H,11,17H2,1-3H3. The third kappa shape index (κ3) is 2.59. The van der Waals surface area contributed by atoms with Crippen molar-refractivity contribution in [1.29, 1.82) is 0 Å². The Hall–Kier alpha value is -1.67. The Morgan fingerprint density at radius 3 is 2.28 bits per heavy atom. The molecule has 2 rings (SSSR count). The van der Waals surface area contributed by atoms with Gasteiger partial charge < -0.3 is 5.73 Å². The highest BCUT2D eigenvalue weighted by Gasteiger charge is 2.13. The molecule has 0 amide bonds. The molecule has 0 saturated heterocycles. The first kappa shape index (κ1) is 12.8. The predicted molar refractivity (Wildman–Crippen MR) is 76.3 cm³/mol. The van der Waals surface area contributed by atoms with E-state index in [1.807, 2.05) is 6.07 Å². The van der Waals surface area contributed by atoms with Crippen molar-refractivity contribution in [2.45, 2.75) is 32.7 Å². The second-order valence-corrected chi connectivity index (χ2v) is 5.53. The molecular weight excluding hydrogens is 220 g/mol. The van der Waals surface area contributed by atoms with Crippen LogP contribution in [0.4, 0.5) is 0 Å². The van der Waals surface area contributed by atoms with Gasteiger partial charge in [0, 0.05) is 18.3 Å². The van der Waals surface area contributed by atoms with E-state index in [9.17, 15) is 0 Å². The molecule has 0 saturated carbocycles. The molecule has 0 spiro atoms. The normalized spacial score (nSPS) is 11.6. The third-order valence-corrected chi connectivity index (χ3v) is 3.15. The van der Waals surface area contributed by atoms with E-state index in [2.05, 4.69) is 56.1 Å². The van der Waals surface area contributed by atoms with Gasteiger partial charge in [-0.25, -0.2) is 0 Å². The van der Waals surface area contributed by atoms with Gasteiger partial charge in [-0.05, 0) is 22.6 Å². The molecule has 1 heterocycles. The highest BCUT2D eigenvalue weighted by atomic mass is 14.7. The lowest BCUT2D eigenvalue weighted by Crippen LogP contribution is -2.10. The minimum absolute atomic E-state index is 0.185. The van der Waals surface area contributed by atoms with Gasteiger partial charge in [-0.2, -0.15) is 0 Å². The molecule has 0 radical (unpaired) electrons. The molecule has 94 valence electrons. The summed E-state index contributed by atoms with van der Waals surface area (Å²) in [5.74, 6) is 0. The second-order valence-electron chi connectivity index (χ2n) is 5.53. The van der Waals surface area contributed by atoms with Crippen molar-refractivity contribution in [2.75, 3.05) is 0 Å². The molecule has 1 aromatic heterocycles. The van der Waals surface area contributed by atoms with Crippen LogP contribution in [0.1, 0.15) is 32.0 Å². The molecule has 2 aromatic rings. The monoisotopic (exact) mass is 240 g/mol. The maximum atomic E-state index is 5.72. The minimum Gasteiger partial charge on any atom is -0.325 e. The molecule has 0 aliphatic rings. The van der Waals surface area contributed by atoms with Crippen molar-refractivity contribution in [3.63, 3.8) is 0 Å². The van der Waals surface area contributed by atoms with E-state index >= 15 is 0 Å². The molecule has 0 aliphatic heterocycles. The maximum Gasteiger partial charge on any atom is 0.0617 e. The van der Waals surface area contributed by atoms with Gasteiger partial charge in [-0.3, -0.25) is 4.98 Å². The summed E-state index contributed by atoms with van der Waals surface area (Å²) < 4.78 is 0. The summed E-state index contributed by atoms with van der Waals surface area (Å²) >= 11 is 0. The van der Waals surface area contributed by atoms with Crippen molar-refractivity contribution in [2.24, 2.45) is 5.73 Å². The fourth-order valence-electron chi connectivity index (χ4n) is 2.01. The average Bonchev–Trinajstić information content (AvgIpc) is 2.38. The Labute approximate surface area is 109 Å². The van der Waals surface area contributed by atoms with E-state index in [1.54, 1.807) is 6.20 Å². The van der Waals surface area contributed by atoms with E-state index in [0.29, 0.717) is 6.54 Å². The Kier molecular flexibility index (Phi) is 3.48. The molecule has 2 N–H and O–H groups in total. The molecule has 1 aromatic carbocycles. The van der Waals surface area contributed by atoms with E-state index < -0.39 is 0 Å². The highest BCUT2D eigenvalue weighted by molar-refractivity contribution is 5.66. The largest absolute Gasteiger partial charge is 0.325 e. The summed E-state index contributed by atoms with van der Waals surface area (Å²) in [5, 5.41) is 0. The Morgan fingerprint density at radius 1 is 1.06 bits per heavy atom. The predicted octanol–water partition coefficient (Wildman–Crippen LogP) is 3.50. The number of rotatable bonds is 2. The first-order valence-corrected chi connectivity index (χ1v) is 6.27. The van der Waals surface area contributed by atoms with Crippen LogP contribution in [0.3, 0.4) is 0 Å². The van der Waals surface area contributed by atoms with Crippen LogP contribution in [0.2, 0.25) is 0 Å². The number of hydrogen-bond donors (Lipinski definition) is 1. The van der Waals surface area contributed by atoms with Gasteiger partial charge in [0.2, 0.25) is 0 Å². The van der Waals surface area contributed by atoms with Crippen molar-refractivity contribution >= 4 is 0 Å². The summed E-state index contributed by atoms with van der Waals surface area (Å²) in [4.78, 5) is 4.32. The minimum atomic E-state index is 0.185. The lowest BCUT2D eigenvalue weighted by Gasteiger charge is -2.19. The Bertz CT molecular complexity index is 522. The van der Waals surface area contributed by atoms with Crippen LogP contribution in [0.15, 0.2) is 42.6 Å². The number of pyridine rings is 1. The molecule has 2 heteroatoms. The van der Waals surface area contributed by atoms with Crippen molar-refractivity contribution in [1.82, 2.24) is 4.98 Å². The number of nitrogens with zero attached hydrogens (tertiary/aromatic N) is 1. The van der Waals surface area contributed by atoms with Gasteiger partial charge in [-0.1, -0.05) is 51.1 Å². The van der Waals surface area contributed by atoms with Gasteiger partial charge in [0.15, 0.2) is 0 Å². The smallest absolute Gasteiger partial charge is 0.0617 e. The zero-order valence-corrected chi connectivity index (χ0v) is 11.3.